The maximum atomic E-state index is 10.3. The molecule has 0 aliphatic rings. The van der Waals surface area contributed by atoms with E-state index < -0.39 is 6.10 Å². The average Bonchev–Trinajstić information content (AvgIpc) is 2.61. The Balaban J connectivity index is 1.78. The van der Waals surface area contributed by atoms with Gasteiger partial charge in [0.1, 0.15) is 12.4 Å². The molecule has 0 unspecified atom stereocenters. The fourth-order valence-electron chi connectivity index (χ4n) is 2.51. The summed E-state index contributed by atoms with van der Waals surface area (Å²) < 4.78 is 10.9. The van der Waals surface area contributed by atoms with Crippen molar-refractivity contribution in [2.24, 2.45) is 0 Å². The normalized spacial score (nSPS) is 12.3. The minimum absolute atomic E-state index is 0.475. The molecule has 0 fully saturated rings. The minimum Gasteiger partial charge on any atom is -0.491 e. The Hall–Kier alpha value is -1.88. The molecule has 1 atom stereocenters. The lowest BCUT2D eigenvalue weighted by molar-refractivity contribution is 0.110. The smallest absolute Gasteiger partial charge is 0.119 e. The van der Waals surface area contributed by atoms with Gasteiger partial charge in [-0.3, -0.25) is 4.90 Å². The summed E-state index contributed by atoms with van der Waals surface area (Å²) in [7, 11) is 2.01. The molecule has 2 aromatic carbocycles. The molecule has 0 saturated heterocycles. The predicted molar refractivity (Wildman–Crippen MR) is 96.2 cm³/mol. The van der Waals surface area contributed by atoms with Crippen molar-refractivity contribution in [1.29, 1.82) is 0 Å². The zero-order valence-electron chi connectivity index (χ0n) is 14.5. The summed E-state index contributed by atoms with van der Waals surface area (Å²) in [6.07, 6.45) is -0.475. The van der Waals surface area contributed by atoms with Crippen molar-refractivity contribution >= 4 is 0 Å². The van der Waals surface area contributed by atoms with Crippen LogP contribution < -0.4 is 4.74 Å². The number of hydrogen-bond acceptors (Lipinski definition) is 4. The molecule has 0 aliphatic heterocycles. The van der Waals surface area contributed by atoms with Crippen molar-refractivity contribution in [1.82, 2.24) is 4.90 Å². The third-order valence-electron chi connectivity index (χ3n) is 3.75. The number of likely N-dealkylation sites (N-methyl/N-ethyl adjacent to an activating group) is 1. The molecule has 2 rings (SSSR count). The van der Waals surface area contributed by atoms with Crippen LogP contribution in [0, 0.1) is 0 Å². The van der Waals surface area contributed by atoms with Gasteiger partial charge in [-0.2, -0.15) is 0 Å². The summed E-state index contributed by atoms with van der Waals surface area (Å²) in [5, 5.41) is 10.3. The van der Waals surface area contributed by atoms with Crippen LogP contribution in [0.2, 0.25) is 0 Å². The van der Waals surface area contributed by atoms with E-state index in [1.807, 2.05) is 56.4 Å². The molecule has 0 heterocycles. The zero-order chi connectivity index (χ0) is 17.2. The Morgan fingerprint density at radius 3 is 2.38 bits per heavy atom. The SMILES string of the molecule is CCOCCOc1ccc(CN(C)C[C@H](O)c2ccccc2)cc1. The van der Waals surface area contributed by atoms with Crippen LogP contribution in [0.5, 0.6) is 5.75 Å². The number of nitrogens with zero attached hydrogens (tertiary/aromatic N) is 1. The molecule has 1 N–H and O–H groups in total. The Morgan fingerprint density at radius 2 is 1.71 bits per heavy atom. The average molecular weight is 329 g/mol. The summed E-state index contributed by atoms with van der Waals surface area (Å²) in [4.78, 5) is 2.11. The highest BCUT2D eigenvalue weighted by Gasteiger charge is 2.10. The van der Waals surface area contributed by atoms with Crippen molar-refractivity contribution in [2.75, 3.05) is 33.4 Å². The second-order valence-electron chi connectivity index (χ2n) is 5.81. The summed E-state index contributed by atoms with van der Waals surface area (Å²) in [6.45, 7) is 5.23. The molecule has 0 aliphatic carbocycles. The van der Waals surface area contributed by atoms with Crippen LogP contribution in [0.4, 0.5) is 0 Å². The standard InChI is InChI=1S/C20H27NO3/c1-3-23-13-14-24-19-11-9-17(10-12-19)15-21(2)16-20(22)18-7-5-4-6-8-18/h4-12,20,22H,3,13-16H2,1-2H3/t20-/m0/s1. The molecule has 130 valence electrons. The van der Waals surface area contributed by atoms with Gasteiger partial charge in [-0.1, -0.05) is 42.5 Å². The molecular weight excluding hydrogens is 302 g/mol. The minimum atomic E-state index is -0.475. The van der Waals surface area contributed by atoms with Gasteiger partial charge in [0.05, 0.1) is 12.7 Å². The first kappa shape index (κ1) is 18.5. The predicted octanol–water partition coefficient (Wildman–Crippen LogP) is 3.27. The lowest BCUT2D eigenvalue weighted by atomic mass is 10.1. The number of aliphatic hydroxyl groups is 1. The molecular formula is C20H27NO3. The van der Waals surface area contributed by atoms with Gasteiger partial charge in [0.25, 0.3) is 0 Å². The second-order valence-corrected chi connectivity index (χ2v) is 5.81. The number of ether oxygens (including phenoxy) is 2. The summed E-state index contributed by atoms with van der Waals surface area (Å²) in [5.74, 6) is 0.852. The lowest BCUT2D eigenvalue weighted by Gasteiger charge is -2.21. The zero-order valence-corrected chi connectivity index (χ0v) is 14.5. The maximum Gasteiger partial charge on any atom is 0.119 e. The number of hydrogen-bond donors (Lipinski definition) is 1. The van der Waals surface area contributed by atoms with Crippen LogP contribution in [0.15, 0.2) is 54.6 Å². The number of rotatable bonds is 10. The van der Waals surface area contributed by atoms with Crippen LogP contribution >= 0.6 is 0 Å². The van der Waals surface area contributed by atoms with E-state index >= 15 is 0 Å². The van der Waals surface area contributed by atoms with E-state index in [0.29, 0.717) is 26.4 Å². The van der Waals surface area contributed by atoms with Crippen molar-refractivity contribution in [2.45, 2.75) is 19.6 Å². The maximum absolute atomic E-state index is 10.3. The monoisotopic (exact) mass is 329 g/mol. The van der Waals surface area contributed by atoms with Crippen molar-refractivity contribution in [3.05, 3.63) is 65.7 Å². The van der Waals surface area contributed by atoms with Gasteiger partial charge in [0.15, 0.2) is 0 Å². The van der Waals surface area contributed by atoms with Gasteiger partial charge in [0, 0.05) is 19.7 Å². The van der Waals surface area contributed by atoms with E-state index in [1.54, 1.807) is 0 Å². The summed E-state index contributed by atoms with van der Waals surface area (Å²) in [6, 6.07) is 17.8. The first-order chi connectivity index (χ1) is 11.7. The van der Waals surface area contributed by atoms with E-state index in [-0.39, 0.29) is 0 Å². The highest BCUT2D eigenvalue weighted by Crippen LogP contribution is 2.16. The van der Waals surface area contributed by atoms with Crippen molar-refractivity contribution in [3.8, 4) is 5.75 Å². The Kier molecular flexibility index (Phi) is 7.75. The van der Waals surface area contributed by atoms with Gasteiger partial charge in [0.2, 0.25) is 0 Å². The first-order valence-electron chi connectivity index (χ1n) is 8.40. The van der Waals surface area contributed by atoms with E-state index in [2.05, 4.69) is 17.0 Å². The molecule has 0 amide bonds. The van der Waals surface area contributed by atoms with Gasteiger partial charge in [-0.15, -0.1) is 0 Å². The Bertz CT molecular complexity index is 571. The topological polar surface area (TPSA) is 41.9 Å². The number of aliphatic hydroxyl groups excluding tert-OH is 1. The fraction of sp³-hybridized carbons (Fsp3) is 0.400. The summed E-state index contributed by atoms with van der Waals surface area (Å²) in [5.41, 5.74) is 2.14. The molecule has 0 spiro atoms. The second kappa shape index (κ2) is 10.1. The number of benzene rings is 2. The fourth-order valence-corrected chi connectivity index (χ4v) is 2.51. The highest BCUT2D eigenvalue weighted by atomic mass is 16.5. The quantitative estimate of drug-likeness (QED) is 0.679. The molecule has 0 saturated carbocycles. The van der Waals surface area contributed by atoms with Gasteiger partial charge >= 0.3 is 0 Å². The molecule has 4 heteroatoms. The van der Waals surface area contributed by atoms with Gasteiger partial charge < -0.3 is 14.6 Å². The van der Waals surface area contributed by atoms with Crippen LogP contribution in [0.25, 0.3) is 0 Å². The summed E-state index contributed by atoms with van der Waals surface area (Å²) >= 11 is 0. The Morgan fingerprint density at radius 1 is 1.00 bits per heavy atom. The largest absolute Gasteiger partial charge is 0.491 e. The van der Waals surface area contributed by atoms with E-state index in [9.17, 15) is 5.11 Å². The third kappa shape index (κ3) is 6.32. The van der Waals surface area contributed by atoms with Crippen LogP contribution in [0.3, 0.4) is 0 Å². The van der Waals surface area contributed by atoms with Crippen molar-refractivity contribution in [3.63, 3.8) is 0 Å². The first-order valence-corrected chi connectivity index (χ1v) is 8.40. The third-order valence-corrected chi connectivity index (χ3v) is 3.75. The van der Waals surface area contributed by atoms with Crippen LogP contribution in [-0.2, 0) is 11.3 Å². The molecule has 0 radical (unpaired) electrons. The van der Waals surface area contributed by atoms with E-state index in [0.717, 1.165) is 17.9 Å². The highest BCUT2D eigenvalue weighted by molar-refractivity contribution is 5.27. The van der Waals surface area contributed by atoms with Crippen molar-refractivity contribution < 1.29 is 14.6 Å². The molecule has 4 nitrogen and oxygen atoms in total. The van der Waals surface area contributed by atoms with Crippen LogP contribution in [-0.4, -0.2) is 43.4 Å². The van der Waals surface area contributed by atoms with E-state index in [4.69, 9.17) is 9.47 Å². The lowest BCUT2D eigenvalue weighted by Crippen LogP contribution is -2.24. The molecule has 0 aromatic heterocycles. The van der Waals surface area contributed by atoms with Crippen LogP contribution in [0.1, 0.15) is 24.2 Å². The van der Waals surface area contributed by atoms with Gasteiger partial charge in [-0.05, 0) is 37.2 Å². The van der Waals surface area contributed by atoms with Gasteiger partial charge in [-0.25, -0.2) is 0 Å². The van der Waals surface area contributed by atoms with E-state index in [1.165, 1.54) is 5.56 Å². The molecule has 0 bridgehead atoms. The Labute approximate surface area is 144 Å². The molecule has 2 aromatic rings. The molecule has 24 heavy (non-hydrogen) atoms.